The number of methoxy groups -OCH3 is 1. The third kappa shape index (κ3) is 3.77. The summed E-state index contributed by atoms with van der Waals surface area (Å²) in [7, 11) is 1.65. The zero-order valence-electron chi connectivity index (χ0n) is 17.7. The number of aromatic nitrogens is 2. The van der Waals surface area contributed by atoms with Gasteiger partial charge in [-0.3, -0.25) is 4.79 Å². The molecule has 1 aromatic heterocycles. The first-order valence-corrected chi connectivity index (χ1v) is 9.90. The fourth-order valence-corrected chi connectivity index (χ4v) is 4.16. The molecule has 4 rings (SSSR count). The van der Waals surface area contributed by atoms with Crippen LogP contribution in [-0.4, -0.2) is 22.7 Å². The number of carbonyl (C=O) groups is 1. The van der Waals surface area contributed by atoms with Crippen molar-refractivity contribution in [3.05, 3.63) is 64.8 Å². The molecule has 0 amide bonds. The molecule has 2 aromatic carbocycles. The predicted octanol–water partition coefficient (Wildman–Crippen LogP) is 5.40. The van der Waals surface area contributed by atoms with E-state index in [-0.39, 0.29) is 11.2 Å². The van der Waals surface area contributed by atoms with Crippen LogP contribution in [0.5, 0.6) is 5.75 Å². The van der Waals surface area contributed by atoms with E-state index in [9.17, 15) is 4.79 Å². The molecular formula is C24H27N3O2. The Bertz CT molecular complexity index is 1060. The highest BCUT2D eigenvalue weighted by Crippen LogP contribution is 2.39. The van der Waals surface area contributed by atoms with Crippen LogP contribution >= 0.6 is 0 Å². The van der Waals surface area contributed by atoms with Crippen molar-refractivity contribution >= 4 is 17.3 Å². The number of rotatable bonds is 4. The first-order valence-electron chi connectivity index (χ1n) is 9.90. The van der Waals surface area contributed by atoms with Crippen LogP contribution < -0.4 is 10.1 Å². The third-order valence-electron chi connectivity index (χ3n) is 5.35. The van der Waals surface area contributed by atoms with E-state index in [1.54, 1.807) is 7.11 Å². The first kappa shape index (κ1) is 19.2. The summed E-state index contributed by atoms with van der Waals surface area (Å²) < 4.78 is 7.18. The Morgan fingerprint density at radius 2 is 1.69 bits per heavy atom. The average molecular weight is 389 g/mol. The van der Waals surface area contributed by atoms with Gasteiger partial charge in [-0.2, -0.15) is 0 Å². The molecule has 0 saturated carbocycles. The molecule has 0 bridgehead atoms. The molecule has 3 aromatic rings. The van der Waals surface area contributed by atoms with E-state index < -0.39 is 0 Å². The van der Waals surface area contributed by atoms with Gasteiger partial charge < -0.3 is 10.1 Å². The summed E-state index contributed by atoms with van der Waals surface area (Å²) >= 11 is 0. The van der Waals surface area contributed by atoms with Crippen molar-refractivity contribution in [2.45, 2.75) is 40.5 Å². The van der Waals surface area contributed by atoms with Gasteiger partial charge in [0, 0.05) is 12.1 Å². The Balaban J connectivity index is 1.83. The average Bonchev–Trinajstić information content (AvgIpc) is 2.98. The smallest absolute Gasteiger partial charge is 0.169 e. The van der Waals surface area contributed by atoms with E-state index in [2.05, 4.69) is 51.2 Å². The van der Waals surface area contributed by atoms with Crippen molar-refractivity contribution in [3.63, 3.8) is 0 Å². The maximum atomic E-state index is 13.1. The number of aryl methyl sites for hydroxylation is 2. The number of carbonyl (C=O) groups excluding carboxylic acids is 1. The zero-order chi connectivity index (χ0) is 20.8. The minimum atomic E-state index is -0.0917. The molecule has 150 valence electrons. The molecule has 0 spiro atoms. The van der Waals surface area contributed by atoms with Gasteiger partial charge in [-0.1, -0.05) is 19.9 Å². The monoisotopic (exact) mass is 389 g/mol. The van der Waals surface area contributed by atoms with Crippen molar-refractivity contribution in [2.75, 3.05) is 12.4 Å². The lowest BCUT2D eigenvalue weighted by Gasteiger charge is -2.29. The molecule has 0 unspecified atom stereocenters. The van der Waals surface area contributed by atoms with Crippen LogP contribution in [-0.2, 0) is 6.42 Å². The van der Waals surface area contributed by atoms with Gasteiger partial charge in [0.1, 0.15) is 5.75 Å². The molecule has 0 fully saturated rings. The third-order valence-corrected chi connectivity index (χ3v) is 5.35. The molecule has 1 aliphatic carbocycles. The number of ether oxygens (including phenoxy) is 1. The standard InChI is InChI=1S/C24H27N3O2/c1-15-10-16(2)12-17(11-15)25-23-22-20(13-24(3,4)14-21(22)28)27(26-23)18-6-8-19(29-5)9-7-18/h6-12H,13-14H2,1-5H3,(H,25,26). The number of hydrogen-bond acceptors (Lipinski definition) is 4. The summed E-state index contributed by atoms with van der Waals surface area (Å²) in [5, 5.41) is 8.24. The van der Waals surface area contributed by atoms with Gasteiger partial charge >= 0.3 is 0 Å². The number of anilines is 2. The van der Waals surface area contributed by atoms with Crippen LogP contribution in [0.2, 0.25) is 0 Å². The quantitative estimate of drug-likeness (QED) is 0.649. The number of nitrogens with one attached hydrogen (secondary N) is 1. The van der Waals surface area contributed by atoms with Crippen LogP contribution in [0.1, 0.15) is 47.4 Å². The number of fused-ring (bicyclic) bond motifs is 1. The predicted molar refractivity (Wildman–Crippen MR) is 116 cm³/mol. The molecular weight excluding hydrogens is 362 g/mol. The summed E-state index contributed by atoms with van der Waals surface area (Å²) in [6.45, 7) is 8.40. The van der Waals surface area contributed by atoms with Gasteiger partial charge in [0.15, 0.2) is 11.6 Å². The molecule has 1 heterocycles. The van der Waals surface area contributed by atoms with E-state index in [1.165, 1.54) is 11.1 Å². The van der Waals surface area contributed by atoms with E-state index in [0.717, 1.165) is 29.2 Å². The lowest BCUT2D eigenvalue weighted by atomic mass is 9.76. The topological polar surface area (TPSA) is 56.1 Å². The molecule has 0 saturated heterocycles. The lowest BCUT2D eigenvalue weighted by Crippen LogP contribution is -2.28. The highest BCUT2D eigenvalue weighted by Gasteiger charge is 2.37. The van der Waals surface area contributed by atoms with E-state index in [0.29, 0.717) is 17.8 Å². The van der Waals surface area contributed by atoms with Gasteiger partial charge in [-0.15, -0.1) is 5.10 Å². The molecule has 0 aliphatic heterocycles. The second-order valence-corrected chi connectivity index (χ2v) is 8.72. The highest BCUT2D eigenvalue weighted by molar-refractivity contribution is 6.03. The zero-order valence-corrected chi connectivity index (χ0v) is 17.7. The highest BCUT2D eigenvalue weighted by atomic mass is 16.5. The molecule has 1 aliphatic rings. The van der Waals surface area contributed by atoms with Gasteiger partial charge in [0.2, 0.25) is 0 Å². The van der Waals surface area contributed by atoms with Gasteiger partial charge in [-0.25, -0.2) is 4.68 Å². The maximum absolute atomic E-state index is 13.1. The van der Waals surface area contributed by atoms with Crippen molar-refractivity contribution in [1.82, 2.24) is 9.78 Å². The second kappa shape index (κ2) is 7.07. The van der Waals surface area contributed by atoms with Gasteiger partial charge in [0.25, 0.3) is 0 Å². The van der Waals surface area contributed by atoms with E-state index in [1.807, 2.05) is 28.9 Å². The van der Waals surface area contributed by atoms with Crippen LogP contribution in [0.4, 0.5) is 11.5 Å². The van der Waals surface area contributed by atoms with E-state index in [4.69, 9.17) is 9.84 Å². The molecule has 0 radical (unpaired) electrons. The van der Waals surface area contributed by atoms with Crippen molar-refractivity contribution in [3.8, 4) is 11.4 Å². The number of benzene rings is 2. The first-order chi connectivity index (χ1) is 13.8. The number of ketones is 1. The second-order valence-electron chi connectivity index (χ2n) is 8.72. The van der Waals surface area contributed by atoms with Crippen molar-refractivity contribution in [1.29, 1.82) is 0 Å². The summed E-state index contributed by atoms with van der Waals surface area (Å²) in [6.07, 6.45) is 1.32. The molecule has 1 N–H and O–H groups in total. The molecule has 0 atom stereocenters. The lowest BCUT2D eigenvalue weighted by molar-refractivity contribution is 0.0912. The number of hydrogen-bond donors (Lipinski definition) is 1. The van der Waals surface area contributed by atoms with Crippen LogP contribution in [0.3, 0.4) is 0 Å². The normalized spacial score (nSPS) is 15.1. The van der Waals surface area contributed by atoms with Crippen LogP contribution in [0, 0.1) is 19.3 Å². The van der Waals surface area contributed by atoms with Crippen molar-refractivity contribution < 1.29 is 9.53 Å². The van der Waals surface area contributed by atoms with Gasteiger partial charge in [-0.05, 0) is 73.2 Å². The minimum absolute atomic E-state index is 0.0917. The fourth-order valence-electron chi connectivity index (χ4n) is 4.16. The van der Waals surface area contributed by atoms with Crippen molar-refractivity contribution in [2.24, 2.45) is 5.41 Å². The number of nitrogens with zero attached hydrogens (tertiary/aromatic N) is 2. The Hall–Kier alpha value is -3.08. The van der Waals surface area contributed by atoms with Gasteiger partial charge in [0.05, 0.1) is 24.1 Å². The Morgan fingerprint density at radius 1 is 1.03 bits per heavy atom. The minimum Gasteiger partial charge on any atom is -0.497 e. The summed E-state index contributed by atoms with van der Waals surface area (Å²) in [4.78, 5) is 13.1. The Labute approximate surface area is 171 Å². The maximum Gasteiger partial charge on any atom is 0.169 e. The van der Waals surface area contributed by atoms with Crippen LogP contribution in [0.25, 0.3) is 5.69 Å². The summed E-state index contributed by atoms with van der Waals surface area (Å²) in [5.74, 6) is 1.56. The Morgan fingerprint density at radius 3 is 2.31 bits per heavy atom. The fraction of sp³-hybridized carbons (Fsp3) is 0.333. The number of Topliss-reactive ketones (excluding diaryl/α,β-unsaturated/α-hetero) is 1. The molecule has 5 heteroatoms. The van der Waals surface area contributed by atoms with E-state index >= 15 is 0 Å². The summed E-state index contributed by atoms with van der Waals surface area (Å²) in [5.41, 5.74) is 5.78. The summed E-state index contributed by atoms with van der Waals surface area (Å²) in [6, 6.07) is 14.0. The molecule has 29 heavy (non-hydrogen) atoms. The molecule has 5 nitrogen and oxygen atoms in total. The largest absolute Gasteiger partial charge is 0.497 e. The van der Waals surface area contributed by atoms with Crippen LogP contribution in [0.15, 0.2) is 42.5 Å². The SMILES string of the molecule is COc1ccc(-n2nc(Nc3cc(C)cc(C)c3)c3c2CC(C)(C)CC3=O)cc1. The Kier molecular flexibility index (Phi) is 4.69.